The highest BCUT2D eigenvalue weighted by atomic mass is 35.5. The Balaban J connectivity index is 0.920. The zero-order chi connectivity index (χ0) is 53.6. The molecule has 398 valence electrons. The van der Waals surface area contributed by atoms with Crippen LogP contribution in [-0.2, 0) is 19.1 Å². The Kier molecular flexibility index (Phi) is 17.6. The van der Waals surface area contributed by atoms with Gasteiger partial charge in [-0.15, -0.1) is 11.8 Å². The van der Waals surface area contributed by atoms with Crippen LogP contribution in [0.5, 0.6) is 0 Å². The number of piperidine rings is 1. The summed E-state index contributed by atoms with van der Waals surface area (Å²) in [6.07, 6.45) is 2.03. The zero-order valence-electron chi connectivity index (χ0n) is 41.6. The van der Waals surface area contributed by atoms with Crippen molar-refractivity contribution < 1.29 is 46.5 Å². The van der Waals surface area contributed by atoms with Crippen LogP contribution in [0.2, 0.25) is 5.02 Å². The summed E-state index contributed by atoms with van der Waals surface area (Å²) >= 11 is 7.83. The first-order chi connectivity index (χ1) is 35.7. The van der Waals surface area contributed by atoms with Crippen LogP contribution in [0.15, 0.2) is 125 Å². The first-order valence-electron chi connectivity index (χ1n) is 24.6. The van der Waals surface area contributed by atoms with Gasteiger partial charge in [0.05, 0.1) is 27.7 Å². The van der Waals surface area contributed by atoms with Crippen LogP contribution in [0.25, 0.3) is 22.4 Å². The fraction of sp³-hybridized carbons (Fsp3) is 0.340. The van der Waals surface area contributed by atoms with Crippen LogP contribution in [-0.4, -0.2) is 108 Å². The molecule has 17 nitrogen and oxygen atoms in total. The summed E-state index contributed by atoms with van der Waals surface area (Å²) in [6, 6.07) is 31.8. The lowest BCUT2D eigenvalue weighted by Gasteiger charge is -2.37. The molecule has 8 rings (SSSR count). The Morgan fingerprint density at radius 3 is 2.16 bits per heavy atom. The van der Waals surface area contributed by atoms with Crippen molar-refractivity contribution in [1.29, 1.82) is 0 Å². The molecule has 0 spiro atoms. The number of phosphoric ester groups is 1. The molecule has 0 saturated carbocycles. The largest absolute Gasteiger partial charge is 0.478 e. The highest BCUT2D eigenvalue weighted by molar-refractivity contribution is 7.99. The fourth-order valence-corrected chi connectivity index (χ4v) is 12.5. The topological polar surface area (TPSA) is 220 Å². The van der Waals surface area contributed by atoms with Gasteiger partial charge in [0.25, 0.3) is 15.7 Å². The van der Waals surface area contributed by atoms with Crippen molar-refractivity contribution in [2.75, 3.05) is 78.0 Å². The summed E-state index contributed by atoms with van der Waals surface area (Å²) in [6.45, 7) is 9.88. The van der Waals surface area contributed by atoms with Crippen LogP contribution < -0.4 is 19.8 Å². The van der Waals surface area contributed by atoms with E-state index in [0.717, 1.165) is 22.2 Å². The first-order valence-corrected chi connectivity index (χ1v) is 28.9. The van der Waals surface area contributed by atoms with Gasteiger partial charge in [-0.05, 0) is 149 Å². The highest BCUT2D eigenvalue weighted by Gasteiger charge is 2.31. The molecule has 0 amide bonds. The second kappa shape index (κ2) is 23.9. The smallest absolute Gasteiger partial charge is 0.469 e. The van der Waals surface area contributed by atoms with Crippen LogP contribution in [0.1, 0.15) is 55.2 Å². The number of thioether (sulfide) groups is 1. The SMILES string of the molecule is Cc1c(C(=O)O)c(-c2cc(F)cc(N3CCN(c4ccc(NS(=O)(=O)c5ccc(NC(CCN6CCC(COP(=O)(O)O)CC6)CSc6ccccc6)c([N+](=O)[O-])c5)cc4)CC3)c2)c(-c2ccc(Cl)cc2)n1C(C)C. The Hall–Kier alpha value is -5.96. The predicted molar refractivity (Wildman–Crippen MR) is 293 cm³/mol. The molecule has 0 radical (unpaired) electrons. The third-order valence-corrected chi connectivity index (χ3v) is 16.9. The molecule has 0 bridgehead atoms. The number of rotatable bonds is 21. The number of likely N-dealkylation sites (tertiary alicyclic amines) is 1. The van der Waals surface area contributed by atoms with E-state index in [1.165, 1.54) is 24.3 Å². The summed E-state index contributed by atoms with van der Waals surface area (Å²) in [4.78, 5) is 50.2. The number of nitro groups is 1. The molecule has 5 N–H and O–H groups in total. The van der Waals surface area contributed by atoms with Crippen LogP contribution in [0.4, 0.5) is 32.8 Å². The molecule has 5 aromatic carbocycles. The molecule has 2 aliphatic rings. The van der Waals surface area contributed by atoms with E-state index in [9.17, 15) is 33.0 Å². The molecule has 75 heavy (non-hydrogen) atoms. The second-order valence-electron chi connectivity index (χ2n) is 19.0. The Morgan fingerprint density at radius 1 is 0.893 bits per heavy atom. The lowest BCUT2D eigenvalue weighted by molar-refractivity contribution is -0.384. The molecule has 0 aliphatic carbocycles. The predicted octanol–water partition coefficient (Wildman–Crippen LogP) is 11.0. The van der Waals surface area contributed by atoms with Gasteiger partial charge < -0.3 is 39.5 Å². The summed E-state index contributed by atoms with van der Waals surface area (Å²) in [5, 5.41) is 26.9. The van der Waals surface area contributed by atoms with Gasteiger partial charge in [-0.2, -0.15) is 0 Å². The maximum absolute atomic E-state index is 15.7. The van der Waals surface area contributed by atoms with Gasteiger partial charge in [-0.1, -0.05) is 41.9 Å². The van der Waals surface area contributed by atoms with E-state index in [0.29, 0.717) is 104 Å². The van der Waals surface area contributed by atoms with E-state index < -0.39 is 40.2 Å². The van der Waals surface area contributed by atoms with Gasteiger partial charge in [0.15, 0.2) is 0 Å². The van der Waals surface area contributed by atoms with Gasteiger partial charge >= 0.3 is 13.8 Å². The fourth-order valence-electron chi connectivity index (χ4n) is 9.87. The number of carboxylic acids is 1. The van der Waals surface area contributed by atoms with Crippen molar-refractivity contribution in [3.05, 3.63) is 147 Å². The number of hydrogen-bond acceptors (Lipinski definition) is 12. The molecule has 1 aromatic heterocycles. The van der Waals surface area contributed by atoms with E-state index in [2.05, 4.69) is 24.7 Å². The molecule has 2 aliphatic heterocycles. The summed E-state index contributed by atoms with van der Waals surface area (Å²) < 4.78 is 63.7. The van der Waals surface area contributed by atoms with Gasteiger partial charge in [0, 0.05) is 94.9 Å². The number of sulfonamides is 1. The molecular formula is C53H60ClFN7O10PS2. The van der Waals surface area contributed by atoms with E-state index in [-0.39, 0.29) is 46.4 Å². The molecule has 2 saturated heterocycles. The number of phosphoric acid groups is 1. The molecule has 22 heteroatoms. The number of hydrogen-bond donors (Lipinski definition) is 5. The Bertz CT molecular complexity index is 3150. The minimum atomic E-state index is -4.54. The number of nitrogens with zero attached hydrogens (tertiary/aromatic N) is 5. The van der Waals surface area contributed by atoms with Gasteiger partial charge in [-0.25, -0.2) is 22.2 Å². The lowest BCUT2D eigenvalue weighted by atomic mass is 9.96. The van der Waals surface area contributed by atoms with Crippen LogP contribution >= 0.6 is 31.2 Å². The van der Waals surface area contributed by atoms with Crippen molar-refractivity contribution in [3.8, 4) is 22.4 Å². The number of carboxylic acid groups (broad SMARTS) is 1. The maximum atomic E-state index is 15.7. The summed E-state index contributed by atoms with van der Waals surface area (Å²) in [5.41, 5.74) is 4.40. The number of carbonyl (C=O) groups is 1. The van der Waals surface area contributed by atoms with Crippen LogP contribution in [0, 0.1) is 28.8 Å². The Labute approximate surface area is 445 Å². The van der Waals surface area contributed by atoms with E-state index >= 15 is 4.39 Å². The Morgan fingerprint density at radius 2 is 1.55 bits per heavy atom. The second-order valence-corrected chi connectivity index (χ2v) is 23.5. The van der Waals surface area contributed by atoms with Crippen molar-refractivity contribution in [3.63, 3.8) is 0 Å². The zero-order valence-corrected chi connectivity index (χ0v) is 44.9. The summed E-state index contributed by atoms with van der Waals surface area (Å²) in [7, 11) is -8.82. The van der Waals surface area contributed by atoms with Gasteiger partial charge in [0.1, 0.15) is 11.5 Å². The monoisotopic (exact) mass is 1100 g/mol. The number of aromatic carboxylic acids is 1. The number of nitro benzene ring substituents is 1. The quantitative estimate of drug-likeness (QED) is 0.0196. The maximum Gasteiger partial charge on any atom is 0.469 e. The lowest BCUT2D eigenvalue weighted by Crippen LogP contribution is -2.46. The molecule has 6 aromatic rings. The third kappa shape index (κ3) is 13.9. The summed E-state index contributed by atoms with van der Waals surface area (Å²) in [5.74, 6) is -1.03. The standard InChI is InChI=1S/C53H60ClFN7O10PS2/c1-35(2)61-36(3)50(53(63)64)51(52(61)38-9-11-40(54)12-10-38)39-29-41(55)31-45(30-39)60-27-25-59(26-28-60)44-15-13-42(14-16-44)57-75(70,71)47-17-18-48(49(32-47)62(65)66)56-43(34-74-46-7-5-4-6-8-46)21-24-58-22-19-37(20-23-58)33-72-73(67,68)69/h4-18,29-32,35,37,43,56-57H,19-28,33-34H2,1-3H3,(H,63,64)(H2,67,68,69). The average Bonchev–Trinajstić information content (AvgIpc) is 3.71. The molecule has 2 fully saturated rings. The minimum Gasteiger partial charge on any atom is -0.478 e. The molecule has 1 unspecified atom stereocenters. The van der Waals surface area contributed by atoms with Gasteiger partial charge in [0.2, 0.25) is 0 Å². The molecule has 3 heterocycles. The van der Waals surface area contributed by atoms with E-state index in [1.807, 2.05) is 66.9 Å². The number of aromatic nitrogens is 1. The highest BCUT2D eigenvalue weighted by Crippen LogP contribution is 2.43. The van der Waals surface area contributed by atoms with E-state index in [1.54, 1.807) is 55.1 Å². The molecular weight excluding hydrogens is 1040 g/mol. The third-order valence-electron chi connectivity index (χ3n) is 13.6. The average molecular weight is 1100 g/mol. The van der Waals surface area contributed by atoms with Crippen molar-refractivity contribution in [2.24, 2.45) is 5.92 Å². The number of piperazine rings is 1. The van der Waals surface area contributed by atoms with Crippen molar-refractivity contribution in [2.45, 2.75) is 61.9 Å². The number of halogens is 2. The number of benzene rings is 5. The normalized spacial score (nSPS) is 15.3. The number of nitrogens with one attached hydrogen (secondary N) is 2. The van der Waals surface area contributed by atoms with Crippen molar-refractivity contribution >= 4 is 75.6 Å². The minimum absolute atomic E-state index is 0.0122. The first kappa shape index (κ1) is 55.3. The number of anilines is 4. The van der Waals surface area contributed by atoms with Gasteiger partial charge in [-0.3, -0.25) is 19.4 Å². The van der Waals surface area contributed by atoms with Crippen LogP contribution in [0.3, 0.4) is 0 Å². The molecule has 1 atom stereocenters. The van der Waals surface area contributed by atoms with Crippen molar-refractivity contribution in [1.82, 2.24) is 9.47 Å². The van der Waals surface area contributed by atoms with E-state index in [4.69, 9.17) is 25.9 Å².